The highest BCUT2D eigenvalue weighted by molar-refractivity contribution is 7.89. The lowest BCUT2D eigenvalue weighted by molar-refractivity contribution is 0.0906. The lowest BCUT2D eigenvalue weighted by atomic mass is 9.98. The molecule has 0 aliphatic carbocycles. The molecule has 0 unspecified atom stereocenters. The van der Waals surface area contributed by atoms with Gasteiger partial charge in [0.25, 0.3) is 5.91 Å². The molecule has 1 amide bonds. The van der Waals surface area contributed by atoms with E-state index in [9.17, 15) is 13.2 Å². The zero-order chi connectivity index (χ0) is 23.3. The minimum Gasteiger partial charge on any atom is -0.348 e. The zero-order valence-electron chi connectivity index (χ0n) is 18.9. The summed E-state index contributed by atoms with van der Waals surface area (Å²) in [6.45, 7) is 8.24. The number of benzene rings is 2. The highest BCUT2D eigenvalue weighted by Gasteiger charge is 2.30. The van der Waals surface area contributed by atoms with Crippen LogP contribution < -0.4 is 5.32 Å². The van der Waals surface area contributed by atoms with Gasteiger partial charge in [-0.25, -0.2) is 8.42 Å². The van der Waals surface area contributed by atoms with E-state index in [1.54, 1.807) is 13.8 Å². The van der Waals surface area contributed by atoms with E-state index in [0.29, 0.717) is 13.1 Å². The first-order valence-corrected chi connectivity index (χ1v) is 13.0. The third-order valence-corrected chi connectivity index (χ3v) is 8.41. The van der Waals surface area contributed by atoms with Gasteiger partial charge in [0.15, 0.2) is 0 Å². The summed E-state index contributed by atoms with van der Waals surface area (Å²) >= 11 is 6.32. The Morgan fingerprint density at radius 3 is 2.31 bits per heavy atom. The number of nitrogens with one attached hydrogen (secondary N) is 1. The molecule has 32 heavy (non-hydrogen) atoms. The number of hydrogen-bond acceptors (Lipinski definition) is 4. The van der Waals surface area contributed by atoms with Crippen LogP contribution in [0.2, 0.25) is 5.02 Å². The predicted molar refractivity (Wildman–Crippen MR) is 128 cm³/mol. The van der Waals surface area contributed by atoms with E-state index in [1.807, 2.05) is 25.1 Å². The molecule has 1 aliphatic rings. The van der Waals surface area contributed by atoms with E-state index in [1.165, 1.54) is 22.5 Å². The van der Waals surface area contributed by atoms with Gasteiger partial charge in [-0.05, 0) is 56.6 Å². The summed E-state index contributed by atoms with van der Waals surface area (Å²) < 4.78 is 27.2. The van der Waals surface area contributed by atoms with Crippen molar-refractivity contribution < 1.29 is 13.2 Å². The highest BCUT2D eigenvalue weighted by Crippen LogP contribution is 2.29. The fraction of sp³-hybridized carbons (Fsp3) is 0.458. The van der Waals surface area contributed by atoms with Crippen LogP contribution in [0.1, 0.15) is 55.6 Å². The van der Waals surface area contributed by atoms with Gasteiger partial charge >= 0.3 is 0 Å². The van der Waals surface area contributed by atoms with Crippen molar-refractivity contribution in [2.24, 2.45) is 0 Å². The molecule has 6 nitrogen and oxygen atoms in total. The topological polar surface area (TPSA) is 69.7 Å². The van der Waals surface area contributed by atoms with E-state index in [4.69, 9.17) is 11.6 Å². The average Bonchev–Trinajstić information content (AvgIpc) is 3.29. The Morgan fingerprint density at radius 2 is 1.72 bits per heavy atom. The standard InChI is InChI=1S/C24H32ClN3O3S/c1-4-28(5-2)32(30,31)20-13-14-22(25)21(17-20)24(29)26-18(3)23(27-15-9-10-16-27)19-11-7-6-8-12-19/h6-8,11-14,17-18,23H,4-5,9-10,15-16H2,1-3H3,(H,26,29)/t18-,23-/m0/s1. The number of carbonyl (C=O) groups is 1. The van der Waals surface area contributed by atoms with Gasteiger partial charge in [-0.15, -0.1) is 0 Å². The van der Waals surface area contributed by atoms with Gasteiger partial charge in [0, 0.05) is 19.1 Å². The minimum atomic E-state index is -3.69. The van der Waals surface area contributed by atoms with Crippen LogP contribution in [0, 0.1) is 0 Å². The second kappa shape index (κ2) is 10.8. The zero-order valence-corrected chi connectivity index (χ0v) is 20.5. The summed E-state index contributed by atoms with van der Waals surface area (Å²) in [6.07, 6.45) is 2.28. The van der Waals surface area contributed by atoms with Crippen LogP contribution in [0.25, 0.3) is 0 Å². The average molecular weight is 478 g/mol. The number of nitrogens with zero attached hydrogens (tertiary/aromatic N) is 2. The highest BCUT2D eigenvalue weighted by atomic mass is 35.5. The van der Waals surface area contributed by atoms with Crippen LogP contribution in [0.15, 0.2) is 53.4 Å². The van der Waals surface area contributed by atoms with Gasteiger partial charge in [-0.2, -0.15) is 4.31 Å². The van der Waals surface area contributed by atoms with E-state index in [-0.39, 0.29) is 33.5 Å². The van der Waals surface area contributed by atoms with Gasteiger partial charge in [-0.1, -0.05) is 55.8 Å². The Balaban J connectivity index is 1.87. The molecule has 1 heterocycles. The first-order chi connectivity index (χ1) is 15.3. The summed E-state index contributed by atoms with van der Waals surface area (Å²) in [6, 6.07) is 14.3. The maximum Gasteiger partial charge on any atom is 0.253 e. The maximum absolute atomic E-state index is 13.2. The fourth-order valence-corrected chi connectivity index (χ4v) is 6.09. The predicted octanol–water partition coefficient (Wildman–Crippen LogP) is 4.33. The summed E-state index contributed by atoms with van der Waals surface area (Å²) in [5.74, 6) is -0.376. The van der Waals surface area contributed by atoms with Crippen LogP contribution in [-0.2, 0) is 10.0 Å². The molecule has 2 aromatic rings. The Labute approximate surface area is 196 Å². The molecule has 0 spiro atoms. The monoisotopic (exact) mass is 477 g/mol. The Hall–Kier alpha value is -1.93. The third-order valence-electron chi connectivity index (χ3n) is 6.03. The Bertz CT molecular complexity index is 1020. The molecule has 1 saturated heterocycles. The lowest BCUT2D eigenvalue weighted by Crippen LogP contribution is -2.44. The number of sulfonamides is 1. The molecule has 0 saturated carbocycles. The van der Waals surface area contributed by atoms with Crippen molar-refractivity contribution in [3.63, 3.8) is 0 Å². The number of carbonyl (C=O) groups excluding carboxylic acids is 1. The number of likely N-dealkylation sites (tertiary alicyclic amines) is 1. The first-order valence-electron chi connectivity index (χ1n) is 11.2. The number of hydrogen-bond donors (Lipinski definition) is 1. The molecular weight excluding hydrogens is 446 g/mol. The SMILES string of the molecule is CCN(CC)S(=O)(=O)c1ccc(Cl)c(C(=O)N[C@@H](C)[C@@H](c2ccccc2)N2CCCC2)c1. The van der Waals surface area contributed by atoms with Crippen LogP contribution in [-0.4, -0.2) is 55.8 Å². The molecule has 3 rings (SSSR count). The maximum atomic E-state index is 13.2. The molecule has 8 heteroatoms. The van der Waals surface area contributed by atoms with Crippen molar-refractivity contribution in [1.82, 2.24) is 14.5 Å². The van der Waals surface area contributed by atoms with Crippen LogP contribution >= 0.6 is 11.6 Å². The lowest BCUT2D eigenvalue weighted by Gasteiger charge is -2.33. The molecule has 2 aromatic carbocycles. The van der Waals surface area contributed by atoms with E-state index in [0.717, 1.165) is 31.5 Å². The Kier molecular flexibility index (Phi) is 8.33. The van der Waals surface area contributed by atoms with Crippen molar-refractivity contribution in [1.29, 1.82) is 0 Å². The van der Waals surface area contributed by atoms with Crippen LogP contribution in [0.3, 0.4) is 0 Å². The minimum absolute atomic E-state index is 0.0315. The molecule has 174 valence electrons. The van der Waals surface area contributed by atoms with Gasteiger partial charge in [0.05, 0.1) is 21.5 Å². The number of halogens is 1. The van der Waals surface area contributed by atoms with Crippen molar-refractivity contribution in [3.8, 4) is 0 Å². The van der Waals surface area contributed by atoms with Gasteiger partial charge in [0.2, 0.25) is 10.0 Å². The first kappa shape index (κ1) is 24.7. The second-order valence-electron chi connectivity index (χ2n) is 8.09. The second-order valence-corrected chi connectivity index (χ2v) is 10.4. The molecule has 0 radical (unpaired) electrons. The Morgan fingerprint density at radius 1 is 1.09 bits per heavy atom. The molecule has 2 atom stereocenters. The van der Waals surface area contributed by atoms with Crippen molar-refractivity contribution in [2.45, 2.75) is 50.6 Å². The number of rotatable bonds is 9. The quantitative estimate of drug-likeness (QED) is 0.583. The van der Waals surface area contributed by atoms with Crippen LogP contribution in [0.4, 0.5) is 0 Å². The van der Waals surface area contributed by atoms with Gasteiger partial charge < -0.3 is 5.32 Å². The van der Waals surface area contributed by atoms with Gasteiger partial charge in [0.1, 0.15) is 0 Å². The summed E-state index contributed by atoms with van der Waals surface area (Å²) in [5, 5.41) is 3.30. The van der Waals surface area contributed by atoms with E-state index in [2.05, 4.69) is 22.3 Å². The van der Waals surface area contributed by atoms with Gasteiger partial charge in [-0.3, -0.25) is 9.69 Å². The molecule has 0 aromatic heterocycles. The van der Waals surface area contributed by atoms with Crippen LogP contribution in [0.5, 0.6) is 0 Å². The summed E-state index contributed by atoms with van der Waals surface area (Å²) in [5.41, 5.74) is 1.31. The molecule has 1 aliphatic heterocycles. The van der Waals surface area contributed by atoms with Crippen molar-refractivity contribution >= 4 is 27.5 Å². The summed E-state index contributed by atoms with van der Waals surface area (Å²) in [4.78, 5) is 15.7. The smallest absolute Gasteiger partial charge is 0.253 e. The number of amides is 1. The normalized spacial score (nSPS) is 16.8. The van der Waals surface area contributed by atoms with E-state index < -0.39 is 10.0 Å². The summed E-state index contributed by atoms with van der Waals surface area (Å²) in [7, 11) is -3.69. The molecule has 1 fully saturated rings. The van der Waals surface area contributed by atoms with Crippen molar-refractivity contribution in [2.75, 3.05) is 26.2 Å². The van der Waals surface area contributed by atoms with Crippen molar-refractivity contribution in [3.05, 3.63) is 64.7 Å². The fourth-order valence-electron chi connectivity index (χ4n) is 4.40. The molecule has 0 bridgehead atoms. The van der Waals surface area contributed by atoms with E-state index >= 15 is 0 Å². The molecule has 1 N–H and O–H groups in total. The molecular formula is C24H32ClN3O3S. The third kappa shape index (κ3) is 5.34. The largest absolute Gasteiger partial charge is 0.348 e.